The molecule has 17 heavy (non-hydrogen) atoms. The van der Waals surface area contributed by atoms with Crippen LogP contribution in [0.1, 0.15) is 49.5 Å². The number of nitrogens with one attached hydrogen (secondary N) is 1. The van der Waals surface area contributed by atoms with Gasteiger partial charge in [0, 0.05) is 6.54 Å². The summed E-state index contributed by atoms with van der Waals surface area (Å²) in [5, 5.41) is 16.4. The first kappa shape index (κ1) is 11.2. The summed E-state index contributed by atoms with van der Waals surface area (Å²) < 4.78 is 0. The molecule has 3 rings (SSSR count). The third-order valence-corrected chi connectivity index (χ3v) is 3.97. The smallest absolute Gasteiger partial charge is 0.0847 e. The Morgan fingerprint density at radius 1 is 1.35 bits per heavy atom. The van der Waals surface area contributed by atoms with Crippen molar-refractivity contribution in [3.8, 4) is 0 Å². The van der Waals surface area contributed by atoms with Crippen molar-refractivity contribution >= 4 is 0 Å². The summed E-state index contributed by atoms with van der Waals surface area (Å²) in [4.78, 5) is 2.60. The van der Waals surface area contributed by atoms with Crippen molar-refractivity contribution in [3.63, 3.8) is 0 Å². The molecule has 2 N–H and O–H groups in total. The van der Waals surface area contributed by atoms with E-state index in [0.717, 1.165) is 17.3 Å². The Balaban J connectivity index is 1.72. The van der Waals surface area contributed by atoms with Crippen LogP contribution in [0.15, 0.2) is 6.07 Å². The van der Waals surface area contributed by atoms with Gasteiger partial charge in [0.15, 0.2) is 0 Å². The fraction of sp³-hybridized carbons (Fsp3) is 0.769. The zero-order chi connectivity index (χ0) is 11.7. The molecule has 0 bridgehead atoms. The van der Waals surface area contributed by atoms with Gasteiger partial charge in [0.25, 0.3) is 0 Å². The van der Waals surface area contributed by atoms with Crippen LogP contribution in [0, 0.1) is 5.92 Å². The molecular weight excluding hydrogens is 214 g/mol. The maximum Gasteiger partial charge on any atom is 0.0847 e. The van der Waals surface area contributed by atoms with Crippen molar-refractivity contribution in [2.75, 3.05) is 13.1 Å². The molecule has 4 nitrogen and oxygen atoms in total. The van der Waals surface area contributed by atoms with Gasteiger partial charge < -0.3 is 5.11 Å². The lowest BCUT2D eigenvalue weighted by Gasteiger charge is -2.34. The summed E-state index contributed by atoms with van der Waals surface area (Å²) >= 11 is 0. The lowest BCUT2D eigenvalue weighted by Crippen LogP contribution is -2.35. The second kappa shape index (κ2) is 4.78. The molecule has 4 heteroatoms. The Morgan fingerprint density at radius 2 is 2.24 bits per heavy atom. The quantitative estimate of drug-likeness (QED) is 0.837. The minimum Gasteiger partial charge on any atom is -0.390 e. The summed E-state index contributed by atoms with van der Waals surface area (Å²) in [6, 6.07) is 2.50. The first-order chi connectivity index (χ1) is 8.36. The first-order valence-corrected chi connectivity index (χ1v) is 6.76. The number of hydrogen-bond donors (Lipinski definition) is 2. The minimum atomic E-state index is 0.0579. The predicted octanol–water partition coefficient (Wildman–Crippen LogP) is 1.84. The van der Waals surface area contributed by atoms with Crippen LogP contribution in [0.5, 0.6) is 0 Å². The van der Waals surface area contributed by atoms with E-state index < -0.39 is 0 Å². The number of hydrogen-bond acceptors (Lipinski definition) is 3. The summed E-state index contributed by atoms with van der Waals surface area (Å²) in [5.74, 6) is 0.937. The molecule has 2 aliphatic rings. The highest BCUT2D eigenvalue weighted by molar-refractivity contribution is 5.13. The topological polar surface area (TPSA) is 52.1 Å². The van der Waals surface area contributed by atoms with Gasteiger partial charge in [0.2, 0.25) is 0 Å². The molecule has 1 aliphatic heterocycles. The molecule has 1 unspecified atom stereocenters. The van der Waals surface area contributed by atoms with Gasteiger partial charge in [-0.25, -0.2) is 0 Å². The maximum atomic E-state index is 9.09. The first-order valence-electron chi connectivity index (χ1n) is 6.76. The Labute approximate surface area is 102 Å². The van der Waals surface area contributed by atoms with Crippen LogP contribution < -0.4 is 0 Å². The van der Waals surface area contributed by atoms with E-state index in [4.69, 9.17) is 5.11 Å². The molecular formula is C13H21N3O. The molecule has 0 spiro atoms. The highest BCUT2D eigenvalue weighted by Gasteiger charge is 2.31. The number of aromatic amines is 1. The molecule has 2 fully saturated rings. The van der Waals surface area contributed by atoms with Crippen LogP contribution in [0.25, 0.3) is 0 Å². The molecule has 2 heterocycles. The van der Waals surface area contributed by atoms with Crippen LogP contribution in [0.4, 0.5) is 0 Å². The second-order valence-electron chi connectivity index (χ2n) is 5.43. The third kappa shape index (κ3) is 2.53. The zero-order valence-electron chi connectivity index (χ0n) is 10.2. The molecule has 1 saturated carbocycles. The number of likely N-dealkylation sites (tertiary alicyclic amines) is 1. The minimum absolute atomic E-state index is 0.0579. The number of rotatable bonds is 4. The maximum absolute atomic E-state index is 9.09. The van der Waals surface area contributed by atoms with E-state index in [9.17, 15) is 0 Å². The van der Waals surface area contributed by atoms with Gasteiger partial charge in [-0.05, 0) is 44.2 Å². The normalized spacial score (nSPS) is 26.3. The summed E-state index contributed by atoms with van der Waals surface area (Å²) in [6.45, 7) is 2.51. The molecule has 0 aromatic carbocycles. The summed E-state index contributed by atoms with van der Waals surface area (Å²) in [7, 11) is 0. The van der Waals surface area contributed by atoms with E-state index in [1.807, 2.05) is 6.07 Å². The monoisotopic (exact) mass is 235 g/mol. The van der Waals surface area contributed by atoms with E-state index in [1.54, 1.807) is 0 Å². The molecule has 0 radical (unpaired) electrons. The predicted molar refractivity (Wildman–Crippen MR) is 65.4 cm³/mol. The molecule has 0 amide bonds. The lowest BCUT2D eigenvalue weighted by molar-refractivity contribution is 0.139. The summed E-state index contributed by atoms with van der Waals surface area (Å²) in [6.07, 6.45) is 6.65. The van der Waals surface area contributed by atoms with Gasteiger partial charge in [-0.15, -0.1) is 0 Å². The lowest BCUT2D eigenvalue weighted by atomic mass is 9.99. The Bertz CT molecular complexity index is 372. The Morgan fingerprint density at radius 3 is 2.94 bits per heavy atom. The van der Waals surface area contributed by atoms with Gasteiger partial charge in [-0.2, -0.15) is 5.10 Å². The molecule has 1 saturated heterocycles. The van der Waals surface area contributed by atoms with E-state index in [0.29, 0.717) is 6.04 Å². The highest BCUT2D eigenvalue weighted by atomic mass is 16.3. The van der Waals surface area contributed by atoms with Gasteiger partial charge in [-0.1, -0.05) is 6.42 Å². The number of H-pyrrole nitrogens is 1. The zero-order valence-corrected chi connectivity index (χ0v) is 10.2. The van der Waals surface area contributed by atoms with E-state index in [2.05, 4.69) is 15.1 Å². The number of nitrogens with zero attached hydrogens (tertiary/aromatic N) is 2. The van der Waals surface area contributed by atoms with Gasteiger partial charge >= 0.3 is 0 Å². The largest absolute Gasteiger partial charge is 0.390 e. The van der Waals surface area contributed by atoms with Crippen LogP contribution in [0.3, 0.4) is 0 Å². The molecule has 1 aliphatic carbocycles. The fourth-order valence-electron chi connectivity index (χ4n) is 2.81. The van der Waals surface area contributed by atoms with Crippen LogP contribution in [0.2, 0.25) is 0 Å². The van der Waals surface area contributed by atoms with Gasteiger partial charge in [0.1, 0.15) is 0 Å². The SMILES string of the molecule is OCc1cc(C2CCCCN2CC2CC2)n[nH]1. The number of aliphatic hydroxyl groups is 1. The van der Waals surface area contributed by atoms with Crippen molar-refractivity contribution in [1.29, 1.82) is 0 Å². The highest BCUT2D eigenvalue weighted by Crippen LogP contribution is 2.36. The standard InChI is InChI=1S/C13H21N3O/c17-9-11-7-12(15-14-11)13-3-1-2-6-16(13)8-10-4-5-10/h7,10,13,17H,1-6,8-9H2,(H,14,15). The third-order valence-electron chi connectivity index (χ3n) is 3.97. The van der Waals surface area contributed by atoms with Crippen molar-refractivity contribution in [2.24, 2.45) is 5.92 Å². The molecule has 1 atom stereocenters. The van der Waals surface area contributed by atoms with E-state index in [-0.39, 0.29) is 6.61 Å². The van der Waals surface area contributed by atoms with E-state index >= 15 is 0 Å². The van der Waals surface area contributed by atoms with Crippen molar-refractivity contribution in [3.05, 3.63) is 17.5 Å². The van der Waals surface area contributed by atoms with Crippen molar-refractivity contribution in [1.82, 2.24) is 15.1 Å². The van der Waals surface area contributed by atoms with Gasteiger partial charge in [0.05, 0.1) is 24.0 Å². The second-order valence-corrected chi connectivity index (χ2v) is 5.43. The number of aliphatic hydroxyl groups excluding tert-OH is 1. The Hall–Kier alpha value is -0.870. The molecule has 1 aromatic heterocycles. The Kier molecular flexibility index (Phi) is 3.16. The molecule has 94 valence electrons. The van der Waals surface area contributed by atoms with Crippen molar-refractivity contribution in [2.45, 2.75) is 44.8 Å². The fourth-order valence-corrected chi connectivity index (χ4v) is 2.81. The van der Waals surface area contributed by atoms with Crippen molar-refractivity contribution < 1.29 is 5.11 Å². The van der Waals surface area contributed by atoms with Crippen LogP contribution >= 0.6 is 0 Å². The number of aromatic nitrogens is 2. The van der Waals surface area contributed by atoms with Gasteiger partial charge in [-0.3, -0.25) is 10.00 Å². The number of piperidine rings is 1. The van der Waals surface area contributed by atoms with Crippen LogP contribution in [-0.4, -0.2) is 33.3 Å². The molecule has 1 aromatic rings. The average molecular weight is 235 g/mol. The average Bonchev–Trinajstić information content (AvgIpc) is 3.05. The van der Waals surface area contributed by atoms with Crippen LogP contribution in [-0.2, 0) is 6.61 Å². The van der Waals surface area contributed by atoms with E-state index in [1.165, 1.54) is 45.2 Å². The summed E-state index contributed by atoms with van der Waals surface area (Å²) in [5.41, 5.74) is 1.95.